The molecule has 1 aromatic carbocycles. The number of ether oxygens (including phenoxy) is 1. The molecular weight excluding hydrogens is 343 g/mol. The van der Waals surface area contributed by atoms with Gasteiger partial charge in [-0.25, -0.2) is 9.18 Å². The molecular formula is C23H33FO3. The van der Waals surface area contributed by atoms with Crippen LogP contribution in [-0.2, 0) is 6.42 Å². The van der Waals surface area contributed by atoms with Gasteiger partial charge in [0.1, 0.15) is 11.1 Å². The van der Waals surface area contributed by atoms with Gasteiger partial charge in [0, 0.05) is 6.42 Å². The molecule has 1 heterocycles. The Morgan fingerprint density at radius 3 is 2.30 bits per heavy atom. The molecule has 150 valence electrons. The average molecular weight is 377 g/mol. The van der Waals surface area contributed by atoms with E-state index in [4.69, 9.17) is 9.15 Å². The quantitative estimate of drug-likeness (QED) is 0.361. The molecule has 0 fully saturated rings. The third kappa shape index (κ3) is 6.67. The number of fused-ring (bicyclic) bond motifs is 1. The van der Waals surface area contributed by atoms with Crippen molar-refractivity contribution >= 4 is 10.8 Å². The van der Waals surface area contributed by atoms with Crippen molar-refractivity contribution in [2.24, 2.45) is 0 Å². The lowest BCUT2D eigenvalue weighted by Crippen LogP contribution is -2.07. The van der Waals surface area contributed by atoms with Crippen LogP contribution in [0, 0.1) is 5.82 Å². The van der Waals surface area contributed by atoms with E-state index in [-0.39, 0.29) is 11.1 Å². The molecule has 0 N–H and O–H groups in total. The van der Waals surface area contributed by atoms with Crippen molar-refractivity contribution in [1.29, 1.82) is 0 Å². The largest absolute Gasteiger partial charge is 0.490 e. The van der Waals surface area contributed by atoms with Crippen LogP contribution in [0.15, 0.2) is 27.4 Å². The zero-order valence-electron chi connectivity index (χ0n) is 16.8. The summed E-state index contributed by atoms with van der Waals surface area (Å²) < 4.78 is 25.6. The summed E-state index contributed by atoms with van der Waals surface area (Å²) in [6, 6.07) is 5.16. The van der Waals surface area contributed by atoms with E-state index in [1.165, 1.54) is 38.5 Å². The fraction of sp³-hybridized carbons (Fsp3) is 0.609. The molecule has 0 saturated heterocycles. The second-order valence-corrected chi connectivity index (χ2v) is 7.27. The zero-order chi connectivity index (χ0) is 19.5. The van der Waals surface area contributed by atoms with Crippen LogP contribution in [0.3, 0.4) is 0 Å². The minimum absolute atomic E-state index is 0.00628. The van der Waals surface area contributed by atoms with Crippen LogP contribution >= 0.6 is 0 Å². The Kier molecular flexibility index (Phi) is 9.37. The molecule has 0 spiro atoms. The molecule has 0 saturated carbocycles. The maximum Gasteiger partial charge on any atom is 0.346 e. The SMILES string of the molecule is CCCCCCCOc1ccc2cc(CCCCCCC)oc(=O)c2c1F. The molecule has 2 rings (SSSR count). The predicted octanol–water partition coefficient (Wildman–Crippen LogP) is 6.79. The maximum atomic E-state index is 14.7. The summed E-state index contributed by atoms with van der Waals surface area (Å²) >= 11 is 0. The van der Waals surface area contributed by atoms with Crippen LogP contribution in [0.1, 0.15) is 83.8 Å². The van der Waals surface area contributed by atoms with E-state index < -0.39 is 11.4 Å². The third-order valence-electron chi connectivity index (χ3n) is 4.92. The van der Waals surface area contributed by atoms with E-state index in [1.807, 2.05) is 0 Å². The minimum atomic E-state index is -0.609. The molecule has 0 aliphatic carbocycles. The number of benzene rings is 1. The minimum Gasteiger partial charge on any atom is -0.490 e. The highest BCUT2D eigenvalue weighted by Gasteiger charge is 2.14. The summed E-state index contributed by atoms with van der Waals surface area (Å²) in [6.45, 7) is 4.82. The molecule has 27 heavy (non-hydrogen) atoms. The van der Waals surface area contributed by atoms with E-state index in [2.05, 4.69) is 13.8 Å². The lowest BCUT2D eigenvalue weighted by Gasteiger charge is -2.09. The highest BCUT2D eigenvalue weighted by atomic mass is 19.1. The number of unbranched alkanes of at least 4 members (excludes halogenated alkanes) is 8. The monoisotopic (exact) mass is 376 g/mol. The van der Waals surface area contributed by atoms with Crippen LogP contribution in [0.4, 0.5) is 4.39 Å². The Bertz CT molecular complexity index is 751. The first kappa shape index (κ1) is 21.5. The lowest BCUT2D eigenvalue weighted by atomic mass is 10.1. The highest BCUT2D eigenvalue weighted by molar-refractivity contribution is 5.83. The lowest BCUT2D eigenvalue weighted by molar-refractivity contribution is 0.291. The maximum absolute atomic E-state index is 14.7. The van der Waals surface area contributed by atoms with Crippen molar-refractivity contribution in [3.63, 3.8) is 0 Å². The number of aryl methyl sites for hydroxylation is 1. The van der Waals surface area contributed by atoms with Gasteiger partial charge in [-0.1, -0.05) is 71.3 Å². The molecule has 0 radical (unpaired) electrons. The van der Waals surface area contributed by atoms with Gasteiger partial charge in [0.15, 0.2) is 11.6 Å². The van der Waals surface area contributed by atoms with Crippen molar-refractivity contribution in [1.82, 2.24) is 0 Å². The zero-order valence-corrected chi connectivity index (χ0v) is 16.8. The van der Waals surface area contributed by atoms with Crippen LogP contribution in [0.2, 0.25) is 0 Å². The smallest absolute Gasteiger partial charge is 0.346 e. The Hall–Kier alpha value is -1.84. The van der Waals surface area contributed by atoms with Crippen LogP contribution in [-0.4, -0.2) is 6.61 Å². The summed E-state index contributed by atoms with van der Waals surface area (Å²) in [4.78, 5) is 12.3. The molecule has 1 aromatic heterocycles. The van der Waals surface area contributed by atoms with E-state index >= 15 is 0 Å². The first-order chi connectivity index (χ1) is 13.2. The topological polar surface area (TPSA) is 39.4 Å². The summed E-state index contributed by atoms with van der Waals surface area (Å²) in [6.07, 6.45) is 12.0. The fourth-order valence-corrected chi connectivity index (χ4v) is 3.30. The van der Waals surface area contributed by atoms with Crippen LogP contribution < -0.4 is 10.4 Å². The molecule has 4 heteroatoms. The van der Waals surface area contributed by atoms with Crippen molar-refractivity contribution < 1.29 is 13.5 Å². The van der Waals surface area contributed by atoms with Gasteiger partial charge in [0.2, 0.25) is 0 Å². The van der Waals surface area contributed by atoms with Crippen LogP contribution in [0.5, 0.6) is 5.75 Å². The van der Waals surface area contributed by atoms with Gasteiger partial charge in [-0.3, -0.25) is 0 Å². The first-order valence-electron chi connectivity index (χ1n) is 10.5. The van der Waals surface area contributed by atoms with E-state index in [0.29, 0.717) is 24.2 Å². The van der Waals surface area contributed by atoms with Crippen molar-refractivity contribution in [3.8, 4) is 5.75 Å². The van der Waals surface area contributed by atoms with Crippen molar-refractivity contribution in [2.45, 2.75) is 84.5 Å². The summed E-state index contributed by atoms with van der Waals surface area (Å²) in [5.74, 6) is 0.162. The fourth-order valence-electron chi connectivity index (χ4n) is 3.30. The van der Waals surface area contributed by atoms with Gasteiger partial charge in [-0.05, 0) is 30.4 Å². The average Bonchev–Trinajstić information content (AvgIpc) is 2.65. The van der Waals surface area contributed by atoms with Gasteiger partial charge in [0.05, 0.1) is 6.61 Å². The molecule has 0 atom stereocenters. The molecule has 0 aliphatic rings. The standard InChI is InChI=1S/C23H33FO3/c1-3-5-7-9-11-13-19-17-18-14-15-20(22(24)21(18)23(25)27-19)26-16-12-10-8-6-4-2/h14-15,17H,3-13,16H2,1-2H3. The van der Waals surface area contributed by atoms with Gasteiger partial charge in [-0.15, -0.1) is 0 Å². The summed E-state index contributed by atoms with van der Waals surface area (Å²) in [5.41, 5.74) is -0.609. The Balaban J connectivity index is 1.99. The second kappa shape index (κ2) is 11.8. The normalized spacial score (nSPS) is 11.2. The van der Waals surface area contributed by atoms with E-state index in [0.717, 1.165) is 25.7 Å². The van der Waals surface area contributed by atoms with E-state index in [9.17, 15) is 9.18 Å². The van der Waals surface area contributed by atoms with Gasteiger partial charge >= 0.3 is 5.63 Å². The number of hydrogen-bond acceptors (Lipinski definition) is 3. The number of hydrogen-bond donors (Lipinski definition) is 0. The molecule has 3 nitrogen and oxygen atoms in total. The molecule has 0 bridgehead atoms. The number of rotatable bonds is 13. The van der Waals surface area contributed by atoms with E-state index in [1.54, 1.807) is 18.2 Å². The molecule has 2 aromatic rings. The Labute approximate surface area is 161 Å². The predicted molar refractivity (Wildman–Crippen MR) is 109 cm³/mol. The summed E-state index contributed by atoms with van der Waals surface area (Å²) in [7, 11) is 0. The second-order valence-electron chi connectivity index (χ2n) is 7.27. The molecule has 0 aliphatic heterocycles. The van der Waals surface area contributed by atoms with Crippen LogP contribution in [0.25, 0.3) is 10.8 Å². The van der Waals surface area contributed by atoms with Gasteiger partial charge < -0.3 is 9.15 Å². The third-order valence-corrected chi connectivity index (χ3v) is 4.92. The number of halogens is 1. The molecule has 0 unspecified atom stereocenters. The summed E-state index contributed by atoms with van der Waals surface area (Å²) in [5, 5.41) is 0.579. The van der Waals surface area contributed by atoms with Crippen molar-refractivity contribution in [2.75, 3.05) is 6.61 Å². The van der Waals surface area contributed by atoms with Gasteiger partial charge in [0.25, 0.3) is 0 Å². The van der Waals surface area contributed by atoms with Crippen molar-refractivity contribution in [3.05, 3.63) is 40.2 Å². The first-order valence-corrected chi connectivity index (χ1v) is 10.5. The Morgan fingerprint density at radius 2 is 1.59 bits per heavy atom. The Morgan fingerprint density at radius 1 is 0.926 bits per heavy atom. The highest BCUT2D eigenvalue weighted by Crippen LogP contribution is 2.25. The van der Waals surface area contributed by atoms with Gasteiger partial charge in [-0.2, -0.15) is 0 Å². The molecule has 0 amide bonds.